The third-order valence-electron chi connectivity index (χ3n) is 5.14. The van der Waals surface area contributed by atoms with E-state index in [0.717, 1.165) is 29.8 Å². The van der Waals surface area contributed by atoms with Gasteiger partial charge in [0, 0.05) is 13.0 Å². The normalized spacial score (nSPS) is 14.8. The molecule has 0 saturated heterocycles. The maximum absolute atomic E-state index is 12.9. The lowest BCUT2D eigenvalue weighted by molar-refractivity contribution is -0.122. The van der Waals surface area contributed by atoms with Crippen molar-refractivity contribution in [3.05, 3.63) is 52.1 Å². The highest BCUT2D eigenvalue weighted by atomic mass is 16.5. The fourth-order valence-electron chi connectivity index (χ4n) is 3.39. The monoisotopic (exact) mass is 381 g/mol. The van der Waals surface area contributed by atoms with E-state index in [4.69, 9.17) is 4.74 Å². The van der Waals surface area contributed by atoms with Crippen LogP contribution < -0.4 is 15.6 Å². The van der Waals surface area contributed by atoms with E-state index in [9.17, 15) is 9.59 Å². The second-order valence-electron chi connectivity index (χ2n) is 7.21. The molecule has 146 valence electrons. The quantitative estimate of drug-likeness (QED) is 0.704. The van der Waals surface area contributed by atoms with E-state index in [1.54, 1.807) is 18.0 Å². The summed E-state index contributed by atoms with van der Waals surface area (Å²) in [5.41, 5.74) is 2.22. The van der Waals surface area contributed by atoms with Crippen LogP contribution in [0.1, 0.15) is 43.0 Å². The first-order valence-electron chi connectivity index (χ1n) is 9.34. The summed E-state index contributed by atoms with van der Waals surface area (Å²) in [4.78, 5) is 25.4. The van der Waals surface area contributed by atoms with Gasteiger partial charge in [-0.15, -0.1) is 0 Å². The van der Waals surface area contributed by atoms with Crippen molar-refractivity contribution in [3.63, 3.8) is 0 Å². The van der Waals surface area contributed by atoms with Crippen LogP contribution in [0.2, 0.25) is 0 Å². The molecule has 1 aliphatic rings. The Balaban J connectivity index is 1.52. The number of nitrogens with one attached hydrogen (secondary N) is 1. The van der Waals surface area contributed by atoms with Crippen molar-refractivity contribution in [1.29, 1.82) is 0 Å². The SMILES string of the molecule is COc1ccc(C(C)NC(=O)Cn2ncc3c(c(C4CC4)nn3C)c2=O)cc1. The first-order valence-corrected chi connectivity index (χ1v) is 9.34. The van der Waals surface area contributed by atoms with E-state index in [0.29, 0.717) is 16.8 Å². The molecule has 1 atom stereocenters. The first kappa shape index (κ1) is 18.2. The predicted octanol–water partition coefficient (Wildman–Crippen LogP) is 1.89. The van der Waals surface area contributed by atoms with Crippen molar-refractivity contribution in [3.8, 4) is 5.75 Å². The highest BCUT2D eigenvalue weighted by Crippen LogP contribution is 2.41. The van der Waals surface area contributed by atoms with Gasteiger partial charge in [0.25, 0.3) is 5.56 Å². The summed E-state index contributed by atoms with van der Waals surface area (Å²) in [6.07, 6.45) is 3.71. The number of hydrogen-bond donors (Lipinski definition) is 1. The van der Waals surface area contributed by atoms with Crippen LogP contribution in [-0.4, -0.2) is 32.6 Å². The number of aryl methyl sites for hydroxylation is 1. The number of benzene rings is 1. The van der Waals surface area contributed by atoms with Crippen molar-refractivity contribution in [2.45, 2.75) is 38.3 Å². The molecule has 0 aliphatic heterocycles. The number of aromatic nitrogens is 4. The van der Waals surface area contributed by atoms with Crippen molar-refractivity contribution in [1.82, 2.24) is 24.9 Å². The highest BCUT2D eigenvalue weighted by molar-refractivity contribution is 5.82. The van der Waals surface area contributed by atoms with E-state index in [1.807, 2.05) is 38.2 Å². The van der Waals surface area contributed by atoms with E-state index >= 15 is 0 Å². The molecule has 8 nitrogen and oxygen atoms in total. The average molecular weight is 381 g/mol. The van der Waals surface area contributed by atoms with Crippen LogP contribution in [0.4, 0.5) is 0 Å². The molecule has 3 aromatic rings. The Labute approximate surface area is 162 Å². The second-order valence-corrected chi connectivity index (χ2v) is 7.21. The second kappa shape index (κ2) is 7.10. The Bertz CT molecular complexity index is 1080. The van der Waals surface area contributed by atoms with Crippen LogP contribution in [0.15, 0.2) is 35.3 Å². The summed E-state index contributed by atoms with van der Waals surface area (Å²) < 4.78 is 8.05. The van der Waals surface area contributed by atoms with Gasteiger partial charge in [0.15, 0.2) is 0 Å². The minimum absolute atomic E-state index is 0.131. The Morgan fingerprint density at radius 1 is 1.32 bits per heavy atom. The number of hydrogen-bond acceptors (Lipinski definition) is 5. The Hall–Kier alpha value is -3.16. The Kier molecular flexibility index (Phi) is 4.62. The van der Waals surface area contributed by atoms with E-state index in [1.165, 1.54) is 4.68 Å². The molecule has 28 heavy (non-hydrogen) atoms. The molecular formula is C20H23N5O3. The van der Waals surface area contributed by atoms with Gasteiger partial charge in [0.05, 0.1) is 35.9 Å². The van der Waals surface area contributed by atoms with Crippen LogP contribution in [-0.2, 0) is 18.4 Å². The molecule has 1 N–H and O–H groups in total. The number of amides is 1. The zero-order valence-corrected chi connectivity index (χ0v) is 16.2. The minimum Gasteiger partial charge on any atom is -0.497 e. The molecule has 1 unspecified atom stereocenters. The van der Waals surface area contributed by atoms with Crippen molar-refractivity contribution >= 4 is 16.8 Å². The lowest BCUT2D eigenvalue weighted by atomic mass is 10.1. The number of carbonyl (C=O) groups is 1. The van der Waals surface area contributed by atoms with Gasteiger partial charge in [-0.1, -0.05) is 12.1 Å². The van der Waals surface area contributed by atoms with E-state index < -0.39 is 0 Å². The molecule has 2 heterocycles. The van der Waals surface area contributed by atoms with Gasteiger partial charge in [0.2, 0.25) is 5.91 Å². The van der Waals surface area contributed by atoms with Crippen LogP contribution >= 0.6 is 0 Å². The average Bonchev–Trinajstić information content (AvgIpc) is 3.48. The first-order chi connectivity index (χ1) is 13.5. The maximum Gasteiger partial charge on any atom is 0.278 e. The smallest absolute Gasteiger partial charge is 0.278 e. The molecule has 8 heteroatoms. The van der Waals surface area contributed by atoms with E-state index in [2.05, 4.69) is 15.5 Å². The summed E-state index contributed by atoms with van der Waals surface area (Å²) in [7, 11) is 3.42. The number of carbonyl (C=O) groups excluding carboxylic acids is 1. The third kappa shape index (κ3) is 3.37. The standard InChI is InChI=1S/C20H23N5O3/c1-12(13-6-8-15(28-3)9-7-13)22-17(26)11-25-20(27)18-16(10-21-25)24(2)23-19(18)14-4-5-14/h6-10,12,14H,4-5,11H2,1-3H3,(H,22,26). The van der Waals surface area contributed by atoms with Gasteiger partial charge in [-0.3, -0.25) is 14.3 Å². The molecule has 1 aromatic carbocycles. The van der Waals surface area contributed by atoms with E-state index in [-0.39, 0.29) is 24.1 Å². The zero-order chi connectivity index (χ0) is 19.8. The zero-order valence-electron chi connectivity index (χ0n) is 16.2. The molecule has 0 radical (unpaired) electrons. The third-order valence-corrected chi connectivity index (χ3v) is 5.14. The summed E-state index contributed by atoms with van der Waals surface area (Å²) in [6.45, 7) is 1.76. The topological polar surface area (TPSA) is 91.0 Å². The Morgan fingerprint density at radius 3 is 2.68 bits per heavy atom. The van der Waals surface area contributed by atoms with Gasteiger partial charge in [-0.25, -0.2) is 4.68 Å². The van der Waals surface area contributed by atoms with Gasteiger partial charge in [-0.05, 0) is 37.5 Å². The lowest BCUT2D eigenvalue weighted by Gasteiger charge is -2.15. The van der Waals surface area contributed by atoms with Gasteiger partial charge in [-0.2, -0.15) is 10.2 Å². The summed E-state index contributed by atoms with van der Waals surface area (Å²) in [5.74, 6) is 0.833. The lowest BCUT2D eigenvalue weighted by Crippen LogP contribution is -2.35. The van der Waals surface area contributed by atoms with Crippen LogP contribution in [0, 0.1) is 0 Å². The molecule has 0 spiro atoms. The highest BCUT2D eigenvalue weighted by Gasteiger charge is 2.30. The van der Waals surface area contributed by atoms with Gasteiger partial charge < -0.3 is 10.1 Å². The van der Waals surface area contributed by atoms with Crippen molar-refractivity contribution < 1.29 is 9.53 Å². The fourth-order valence-corrected chi connectivity index (χ4v) is 3.39. The molecule has 1 aliphatic carbocycles. The van der Waals surface area contributed by atoms with Crippen LogP contribution in [0.3, 0.4) is 0 Å². The summed E-state index contributed by atoms with van der Waals surface area (Å²) in [6, 6.07) is 7.30. The number of ether oxygens (including phenoxy) is 1. The number of fused-ring (bicyclic) bond motifs is 1. The van der Waals surface area contributed by atoms with Crippen molar-refractivity contribution in [2.24, 2.45) is 7.05 Å². The van der Waals surface area contributed by atoms with Gasteiger partial charge in [0.1, 0.15) is 12.3 Å². The summed E-state index contributed by atoms with van der Waals surface area (Å²) >= 11 is 0. The number of nitrogens with zero attached hydrogens (tertiary/aromatic N) is 4. The fraction of sp³-hybridized carbons (Fsp3) is 0.400. The molecule has 4 rings (SSSR count). The molecule has 1 fully saturated rings. The molecule has 2 aromatic heterocycles. The largest absolute Gasteiger partial charge is 0.497 e. The predicted molar refractivity (Wildman–Crippen MR) is 104 cm³/mol. The van der Waals surface area contributed by atoms with Crippen LogP contribution in [0.25, 0.3) is 10.9 Å². The number of rotatable bonds is 6. The number of methoxy groups -OCH3 is 1. The molecule has 1 saturated carbocycles. The summed E-state index contributed by atoms with van der Waals surface area (Å²) in [5, 5.41) is 12.1. The van der Waals surface area contributed by atoms with Crippen molar-refractivity contribution in [2.75, 3.05) is 7.11 Å². The van der Waals surface area contributed by atoms with Gasteiger partial charge >= 0.3 is 0 Å². The molecular weight excluding hydrogens is 358 g/mol. The molecule has 0 bridgehead atoms. The molecule has 1 amide bonds. The minimum atomic E-state index is -0.269. The maximum atomic E-state index is 12.9. The Morgan fingerprint density at radius 2 is 2.04 bits per heavy atom. The van der Waals surface area contributed by atoms with Crippen LogP contribution in [0.5, 0.6) is 5.75 Å².